The van der Waals surface area contributed by atoms with Gasteiger partial charge in [0.1, 0.15) is 10.8 Å². The molecule has 1 aromatic heterocycles. The summed E-state index contributed by atoms with van der Waals surface area (Å²) in [6, 6.07) is 10.9. The van der Waals surface area contributed by atoms with Crippen LogP contribution in [0.15, 0.2) is 48.7 Å². The van der Waals surface area contributed by atoms with Crippen molar-refractivity contribution in [1.29, 1.82) is 0 Å². The van der Waals surface area contributed by atoms with Crippen LogP contribution in [0.25, 0.3) is 0 Å². The Morgan fingerprint density at radius 2 is 1.78 bits per heavy atom. The van der Waals surface area contributed by atoms with Crippen molar-refractivity contribution < 1.29 is 18.3 Å². The zero-order valence-electron chi connectivity index (χ0n) is 17.0. The topological polar surface area (TPSA) is 50.6 Å². The highest BCUT2D eigenvalue weighted by Gasteiger charge is 2.24. The number of carbonyl (C=O) groups is 1. The predicted molar refractivity (Wildman–Crippen MR) is 117 cm³/mol. The molecule has 1 saturated heterocycles. The van der Waals surface area contributed by atoms with E-state index in [9.17, 15) is 13.6 Å². The average molecular weight is 481 g/mol. The standard InChI is InChI=1S/C22H20Cl2F2N4O2/c23-16-4-2-6-19(20(16)24)32-14-30-8-7-18(27-30)22(31)29-11-9-28(10-12-29)13-15-3-1-5-17(25)21(15)26/h1-8H,9-14H2. The third-order valence-corrected chi connectivity index (χ3v) is 6.01. The number of benzene rings is 2. The minimum absolute atomic E-state index is 0.0698. The summed E-state index contributed by atoms with van der Waals surface area (Å²) >= 11 is 12.1. The van der Waals surface area contributed by atoms with Crippen LogP contribution in [0.5, 0.6) is 5.75 Å². The number of piperazine rings is 1. The molecule has 2 aromatic carbocycles. The zero-order valence-corrected chi connectivity index (χ0v) is 18.5. The minimum Gasteiger partial charge on any atom is -0.470 e. The van der Waals surface area contributed by atoms with Gasteiger partial charge in [0.05, 0.1) is 5.02 Å². The van der Waals surface area contributed by atoms with Crippen molar-refractivity contribution in [3.05, 3.63) is 81.6 Å². The largest absolute Gasteiger partial charge is 0.470 e. The molecule has 0 atom stereocenters. The van der Waals surface area contributed by atoms with Crippen molar-refractivity contribution in [3.63, 3.8) is 0 Å². The monoisotopic (exact) mass is 480 g/mol. The molecule has 3 aromatic rings. The van der Waals surface area contributed by atoms with Crippen molar-refractivity contribution >= 4 is 29.1 Å². The van der Waals surface area contributed by atoms with Crippen molar-refractivity contribution in [3.8, 4) is 5.75 Å². The van der Waals surface area contributed by atoms with Gasteiger partial charge in [0.25, 0.3) is 5.91 Å². The zero-order chi connectivity index (χ0) is 22.7. The summed E-state index contributed by atoms with van der Waals surface area (Å²) < 4.78 is 34.4. The van der Waals surface area contributed by atoms with Gasteiger partial charge in [0, 0.05) is 44.5 Å². The number of carbonyl (C=O) groups excluding carboxylic acids is 1. The van der Waals surface area contributed by atoms with Crippen molar-refractivity contribution in [1.82, 2.24) is 19.6 Å². The second-order valence-electron chi connectivity index (χ2n) is 7.35. The van der Waals surface area contributed by atoms with Gasteiger partial charge in [0.15, 0.2) is 24.1 Å². The molecule has 168 valence electrons. The molecule has 0 bridgehead atoms. The normalized spacial score (nSPS) is 14.6. The number of nitrogens with zero attached hydrogens (tertiary/aromatic N) is 4. The molecule has 1 aliphatic heterocycles. The van der Waals surface area contributed by atoms with E-state index in [-0.39, 0.29) is 12.6 Å². The molecule has 6 nitrogen and oxygen atoms in total. The average Bonchev–Trinajstić information content (AvgIpc) is 3.27. The van der Waals surface area contributed by atoms with Gasteiger partial charge in [-0.25, -0.2) is 13.5 Å². The van der Waals surface area contributed by atoms with Crippen LogP contribution < -0.4 is 4.74 Å². The Morgan fingerprint density at radius 3 is 2.56 bits per heavy atom. The molecule has 1 aliphatic rings. The fourth-order valence-corrected chi connectivity index (χ4v) is 3.81. The van der Waals surface area contributed by atoms with Gasteiger partial charge in [-0.3, -0.25) is 9.69 Å². The van der Waals surface area contributed by atoms with Crippen molar-refractivity contribution in [2.24, 2.45) is 0 Å². The number of rotatable bonds is 6. The van der Waals surface area contributed by atoms with Crippen LogP contribution in [0, 0.1) is 11.6 Å². The Bertz CT molecular complexity index is 1120. The fourth-order valence-electron chi connectivity index (χ4n) is 3.46. The summed E-state index contributed by atoms with van der Waals surface area (Å²) in [6.07, 6.45) is 1.65. The molecular formula is C22H20Cl2F2N4O2. The summed E-state index contributed by atoms with van der Waals surface area (Å²) in [5, 5.41) is 4.98. The molecule has 0 saturated carbocycles. The molecule has 32 heavy (non-hydrogen) atoms. The maximum atomic E-state index is 13.9. The number of halogens is 4. The summed E-state index contributed by atoms with van der Waals surface area (Å²) in [7, 11) is 0. The van der Waals surface area contributed by atoms with E-state index in [0.717, 1.165) is 6.07 Å². The Balaban J connectivity index is 1.30. The van der Waals surface area contributed by atoms with Gasteiger partial charge in [-0.15, -0.1) is 0 Å². The van der Waals surface area contributed by atoms with Gasteiger partial charge in [-0.05, 0) is 24.3 Å². The van der Waals surface area contributed by atoms with Crippen LogP contribution >= 0.6 is 23.2 Å². The first-order valence-corrected chi connectivity index (χ1v) is 10.7. The molecule has 2 heterocycles. The van der Waals surface area contributed by atoms with Crippen LogP contribution in [0.3, 0.4) is 0 Å². The lowest BCUT2D eigenvalue weighted by atomic mass is 10.1. The molecular weight excluding hydrogens is 461 g/mol. The van der Waals surface area contributed by atoms with Crippen LogP contribution in [-0.2, 0) is 13.3 Å². The maximum Gasteiger partial charge on any atom is 0.274 e. The molecule has 0 N–H and O–H groups in total. The summed E-state index contributed by atoms with van der Waals surface area (Å²) in [4.78, 5) is 16.5. The highest BCUT2D eigenvalue weighted by atomic mass is 35.5. The molecule has 1 fully saturated rings. The second-order valence-corrected chi connectivity index (χ2v) is 8.13. The van der Waals surface area contributed by atoms with Gasteiger partial charge < -0.3 is 9.64 Å². The molecule has 0 spiro atoms. The number of hydrogen-bond acceptors (Lipinski definition) is 4. The number of aromatic nitrogens is 2. The lowest BCUT2D eigenvalue weighted by Gasteiger charge is -2.34. The van der Waals surface area contributed by atoms with Gasteiger partial charge in [-0.1, -0.05) is 41.4 Å². The molecule has 0 aliphatic carbocycles. The Kier molecular flexibility index (Phi) is 6.93. The van der Waals surface area contributed by atoms with Crippen LogP contribution in [0.1, 0.15) is 16.1 Å². The maximum absolute atomic E-state index is 13.9. The number of ether oxygens (including phenoxy) is 1. The van der Waals surface area contributed by atoms with Gasteiger partial charge in [-0.2, -0.15) is 5.10 Å². The first kappa shape index (κ1) is 22.5. The van der Waals surface area contributed by atoms with E-state index in [1.807, 2.05) is 4.90 Å². The molecule has 0 radical (unpaired) electrons. The minimum atomic E-state index is -0.853. The highest BCUT2D eigenvalue weighted by molar-refractivity contribution is 6.42. The van der Waals surface area contributed by atoms with Crippen LogP contribution in [-0.4, -0.2) is 51.7 Å². The van der Waals surface area contributed by atoms with Gasteiger partial charge >= 0.3 is 0 Å². The van der Waals surface area contributed by atoms with Gasteiger partial charge in [0.2, 0.25) is 0 Å². The predicted octanol–water partition coefficient (Wildman–Crippen LogP) is 4.46. The Labute approximate surface area is 193 Å². The van der Waals surface area contributed by atoms with E-state index >= 15 is 0 Å². The van der Waals surface area contributed by atoms with E-state index in [2.05, 4.69) is 5.10 Å². The third-order valence-electron chi connectivity index (χ3n) is 5.21. The van der Waals surface area contributed by atoms with E-state index in [1.165, 1.54) is 10.7 Å². The lowest BCUT2D eigenvalue weighted by Crippen LogP contribution is -2.48. The van der Waals surface area contributed by atoms with Crippen molar-refractivity contribution in [2.45, 2.75) is 13.3 Å². The first-order valence-electron chi connectivity index (χ1n) is 9.97. The molecule has 10 heteroatoms. The Hall–Kier alpha value is -2.68. The highest BCUT2D eigenvalue weighted by Crippen LogP contribution is 2.31. The summed E-state index contributed by atoms with van der Waals surface area (Å²) in [6.45, 7) is 2.41. The summed E-state index contributed by atoms with van der Waals surface area (Å²) in [5.74, 6) is -1.44. The number of amides is 1. The van der Waals surface area contributed by atoms with Crippen LogP contribution in [0.4, 0.5) is 8.78 Å². The Morgan fingerprint density at radius 1 is 1.03 bits per heavy atom. The first-order chi connectivity index (χ1) is 15.4. The van der Waals surface area contributed by atoms with E-state index in [4.69, 9.17) is 27.9 Å². The number of hydrogen-bond donors (Lipinski definition) is 0. The lowest BCUT2D eigenvalue weighted by molar-refractivity contribution is 0.0619. The molecule has 0 unspecified atom stereocenters. The second kappa shape index (κ2) is 9.85. The van der Waals surface area contributed by atoms with Crippen molar-refractivity contribution in [2.75, 3.05) is 26.2 Å². The van der Waals surface area contributed by atoms with E-state index < -0.39 is 11.6 Å². The third kappa shape index (κ3) is 5.03. The molecule has 1 amide bonds. The van der Waals surface area contributed by atoms with E-state index in [1.54, 1.807) is 41.4 Å². The smallest absolute Gasteiger partial charge is 0.274 e. The fraction of sp³-hybridized carbons (Fsp3) is 0.273. The summed E-state index contributed by atoms with van der Waals surface area (Å²) in [5.41, 5.74) is 0.610. The quantitative estimate of drug-likeness (QED) is 0.522. The SMILES string of the molecule is O=C(c1ccn(COc2cccc(Cl)c2Cl)n1)N1CCN(Cc2cccc(F)c2F)CC1. The molecule has 4 rings (SSSR count). The van der Waals surface area contributed by atoms with E-state index in [0.29, 0.717) is 59.8 Å². The van der Waals surface area contributed by atoms with Crippen LogP contribution in [0.2, 0.25) is 10.0 Å².